The molecule has 1 aromatic rings. The Morgan fingerprint density at radius 2 is 2.29 bits per heavy atom. The monoisotopic (exact) mass is 194 g/mol. The Morgan fingerprint density at radius 3 is 3.00 bits per heavy atom. The van der Waals surface area contributed by atoms with E-state index in [2.05, 4.69) is 5.32 Å². The maximum atomic E-state index is 13.0. The molecule has 1 aromatic carbocycles. The first-order valence-corrected chi connectivity index (χ1v) is 5.00. The first kappa shape index (κ1) is 9.62. The van der Waals surface area contributed by atoms with Gasteiger partial charge in [0.25, 0.3) is 0 Å². The molecule has 0 bridgehead atoms. The van der Waals surface area contributed by atoms with Gasteiger partial charge < -0.3 is 11.1 Å². The van der Waals surface area contributed by atoms with Gasteiger partial charge in [-0.05, 0) is 37.1 Å². The molecule has 0 spiro atoms. The second-order valence-corrected chi connectivity index (χ2v) is 3.85. The summed E-state index contributed by atoms with van der Waals surface area (Å²) in [6.07, 6.45) is 1.90. The molecule has 3 heteroatoms. The van der Waals surface area contributed by atoms with Crippen LogP contribution in [0.2, 0.25) is 0 Å². The lowest BCUT2D eigenvalue weighted by Crippen LogP contribution is -2.38. The van der Waals surface area contributed by atoms with E-state index in [0.29, 0.717) is 0 Å². The van der Waals surface area contributed by atoms with Crippen LogP contribution in [0.5, 0.6) is 0 Å². The summed E-state index contributed by atoms with van der Waals surface area (Å²) in [5, 5.41) is 3.35. The molecule has 0 radical (unpaired) electrons. The number of nitrogens with one attached hydrogen (secondary N) is 1. The number of piperidine rings is 1. The normalized spacial score (nSPS) is 27.6. The molecule has 1 aliphatic heterocycles. The molecule has 2 atom stereocenters. The lowest BCUT2D eigenvalue weighted by atomic mass is 9.94. The van der Waals surface area contributed by atoms with Crippen LogP contribution in [0, 0.1) is 5.82 Å². The Morgan fingerprint density at radius 1 is 1.43 bits per heavy atom. The van der Waals surface area contributed by atoms with Crippen LogP contribution < -0.4 is 11.1 Å². The Kier molecular flexibility index (Phi) is 2.79. The van der Waals surface area contributed by atoms with E-state index >= 15 is 0 Å². The third-order valence-electron chi connectivity index (χ3n) is 2.70. The molecule has 0 aliphatic carbocycles. The summed E-state index contributed by atoms with van der Waals surface area (Å²) in [6.45, 7) is 0.919. The van der Waals surface area contributed by atoms with Crippen molar-refractivity contribution in [1.82, 2.24) is 5.32 Å². The highest BCUT2D eigenvalue weighted by atomic mass is 19.1. The second-order valence-electron chi connectivity index (χ2n) is 3.85. The van der Waals surface area contributed by atoms with Gasteiger partial charge in [-0.2, -0.15) is 0 Å². The van der Waals surface area contributed by atoms with Gasteiger partial charge in [0, 0.05) is 12.1 Å². The summed E-state index contributed by atoms with van der Waals surface area (Å²) in [6, 6.07) is 7.19. The van der Waals surface area contributed by atoms with Crippen LogP contribution >= 0.6 is 0 Å². The van der Waals surface area contributed by atoms with Crippen LogP contribution in [0.15, 0.2) is 24.3 Å². The van der Waals surface area contributed by atoms with Gasteiger partial charge in [-0.1, -0.05) is 12.1 Å². The SMILES string of the molecule is N[C@@H]1CCN[C@H](c2cccc(F)c2)C1. The van der Waals surface area contributed by atoms with Crippen molar-refractivity contribution in [2.45, 2.75) is 24.9 Å². The maximum Gasteiger partial charge on any atom is 0.123 e. The van der Waals surface area contributed by atoms with Crippen LogP contribution in [0.4, 0.5) is 4.39 Å². The van der Waals surface area contributed by atoms with Gasteiger partial charge in [-0.15, -0.1) is 0 Å². The fraction of sp³-hybridized carbons (Fsp3) is 0.455. The number of hydrogen-bond acceptors (Lipinski definition) is 2. The van der Waals surface area contributed by atoms with E-state index < -0.39 is 0 Å². The minimum absolute atomic E-state index is 0.177. The number of benzene rings is 1. The number of hydrogen-bond donors (Lipinski definition) is 2. The van der Waals surface area contributed by atoms with Crippen LogP contribution in [0.3, 0.4) is 0 Å². The summed E-state index contributed by atoms with van der Waals surface area (Å²) < 4.78 is 13.0. The van der Waals surface area contributed by atoms with Crippen molar-refractivity contribution in [3.05, 3.63) is 35.6 Å². The van der Waals surface area contributed by atoms with Gasteiger partial charge in [0.05, 0.1) is 0 Å². The Balaban J connectivity index is 2.14. The largest absolute Gasteiger partial charge is 0.328 e. The van der Waals surface area contributed by atoms with Crippen LogP contribution in [-0.4, -0.2) is 12.6 Å². The average molecular weight is 194 g/mol. The van der Waals surface area contributed by atoms with Crippen molar-refractivity contribution in [3.63, 3.8) is 0 Å². The predicted octanol–water partition coefficient (Wildman–Crippen LogP) is 1.58. The zero-order valence-electron chi connectivity index (χ0n) is 8.04. The molecular formula is C11H15FN2. The molecule has 0 amide bonds. The first-order chi connectivity index (χ1) is 6.75. The van der Waals surface area contributed by atoms with Crippen molar-refractivity contribution in [2.24, 2.45) is 5.73 Å². The third kappa shape index (κ3) is 2.11. The van der Waals surface area contributed by atoms with Crippen molar-refractivity contribution < 1.29 is 4.39 Å². The topological polar surface area (TPSA) is 38.0 Å². The standard InChI is InChI=1S/C11H15FN2/c12-9-3-1-2-8(6-9)11-7-10(13)4-5-14-11/h1-3,6,10-11,14H,4-5,7,13H2/t10-,11+/m1/s1. The molecule has 2 rings (SSSR count). The Bertz CT molecular complexity index is 314. The molecule has 0 saturated carbocycles. The molecule has 14 heavy (non-hydrogen) atoms. The molecule has 1 heterocycles. The Hall–Kier alpha value is -0.930. The predicted molar refractivity (Wildman–Crippen MR) is 54.4 cm³/mol. The molecular weight excluding hydrogens is 179 g/mol. The third-order valence-corrected chi connectivity index (χ3v) is 2.70. The van der Waals surface area contributed by atoms with Gasteiger partial charge in [0.1, 0.15) is 5.82 Å². The molecule has 3 N–H and O–H groups in total. The molecule has 76 valence electrons. The summed E-state index contributed by atoms with van der Waals surface area (Å²) >= 11 is 0. The van der Waals surface area contributed by atoms with E-state index in [1.807, 2.05) is 6.07 Å². The summed E-state index contributed by atoms with van der Waals surface area (Å²) in [4.78, 5) is 0. The van der Waals surface area contributed by atoms with Crippen molar-refractivity contribution in [2.75, 3.05) is 6.54 Å². The molecule has 1 saturated heterocycles. The van der Waals surface area contributed by atoms with Crippen LogP contribution in [0.25, 0.3) is 0 Å². The lowest BCUT2D eigenvalue weighted by molar-refractivity contribution is 0.368. The van der Waals surface area contributed by atoms with Crippen molar-refractivity contribution in [1.29, 1.82) is 0 Å². The minimum Gasteiger partial charge on any atom is -0.328 e. The first-order valence-electron chi connectivity index (χ1n) is 5.00. The van der Waals surface area contributed by atoms with Gasteiger partial charge >= 0.3 is 0 Å². The van der Waals surface area contributed by atoms with Crippen LogP contribution in [0.1, 0.15) is 24.4 Å². The fourth-order valence-electron chi connectivity index (χ4n) is 1.92. The smallest absolute Gasteiger partial charge is 0.123 e. The van der Waals surface area contributed by atoms with Crippen molar-refractivity contribution in [3.8, 4) is 0 Å². The summed E-state index contributed by atoms with van der Waals surface area (Å²) in [5.41, 5.74) is 6.87. The summed E-state index contributed by atoms with van der Waals surface area (Å²) in [5.74, 6) is -0.177. The molecule has 0 unspecified atom stereocenters. The highest BCUT2D eigenvalue weighted by molar-refractivity contribution is 5.20. The zero-order valence-corrected chi connectivity index (χ0v) is 8.04. The zero-order chi connectivity index (χ0) is 9.97. The maximum absolute atomic E-state index is 13.0. The second kappa shape index (κ2) is 4.07. The highest BCUT2D eigenvalue weighted by Crippen LogP contribution is 2.22. The van der Waals surface area contributed by atoms with Crippen LogP contribution in [-0.2, 0) is 0 Å². The van der Waals surface area contributed by atoms with Gasteiger partial charge in [0.2, 0.25) is 0 Å². The lowest BCUT2D eigenvalue weighted by Gasteiger charge is -2.28. The van der Waals surface area contributed by atoms with E-state index in [0.717, 1.165) is 24.9 Å². The van der Waals surface area contributed by atoms with E-state index in [1.165, 1.54) is 6.07 Å². The quantitative estimate of drug-likeness (QED) is 0.712. The average Bonchev–Trinajstić information content (AvgIpc) is 2.18. The van der Waals surface area contributed by atoms with Gasteiger partial charge in [-0.3, -0.25) is 0 Å². The van der Waals surface area contributed by atoms with E-state index in [9.17, 15) is 4.39 Å². The molecule has 1 fully saturated rings. The highest BCUT2D eigenvalue weighted by Gasteiger charge is 2.19. The molecule has 2 nitrogen and oxygen atoms in total. The number of nitrogens with two attached hydrogens (primary N) is 1. The summed E-state index contributed by atoms with van der Waals surface area (Å²) in [7, 11) is 0. The Labute approximate surface area is 83.3 Å². The molecule has 0 aromatic heterocycles. The fourth-order valence-corrected chi connectivity index (χ4v) is 1.92. The number of halogens is 1. The van der Waals surface area contributed by atoms with Crippen molar-refractivity contribution >= 4 is 0 Å². The van der Waals surface area contributed by atoms with Gasteiger partial charge in [0.15, 0.2) is 0 Å². The minimum atomic E-state index is -0.177. The van der Waals surface area contributed by atoms with E-state index in [1.54, 1.807) is 12.1 Å². The molecule has 1 aliphatic rings. The number of rotatable bonds is 1. The van der Waals surface area contributed by atoms with E-state index in [4.69, 9.17) is 5.73 Å². The van der Waals surface area contributed by atoms with E-state index in [-0.39, 0.29) is 17.9 Å². The van der Waals surface area contributed by atoms with Gasteiger partial charge in [-0.25, -0.2) is 4.39 Å².